The Bertz CT molecular complexity index is 1580. The summed E-state index contributed by atoms with van der Waals surface area (Å²) in [6.07, 6.45) is 1.73. The van der Waals surface area contributed by atoms with Crippen molar-refractivity contribution >= 4 is 22.7 Å². The van der Waals surface area contributed by atoms with E-state index < -0.39 is 0 Å². The highest BCUT2D eigenvalue weighted by molar-refractivity contribution is 7.13. The Morgan fingerprint density at radius 3 is 2.28 bits per heavy atom. The van der Waals surface area contributed by atoms with Gasteiger partial charge in [0.05, 0.1) is 17.6 Å². The summed E-state index contributed by atoms with van der Waals surface area (Å²) in [7, 11) is 3.76. The average Bonchev–Trinajstić information content (AvgIpc) is 3.42. The van der Waals surface area contributed by atoms with E-state index in [1.54, 1.807) is 40.2 Å². The van der Waals surface area contributed by atoms with Crippen LogP contribution in [0.2, 0.25) is 0 Å². The van der Waals surface area contributed by atoms with Gasteiger partial charge in [0.2, 0.25) is 5.69 Å². The van der Waals surface area contributed by atoms with Crippen molar-refractivity contribution in [3.8, 4) is 28.4 Å². The van der Waals surface area contributed by atoms with Crippen molar-refractivity contribution in [2.45, 2.75) is 6.92 Å². The van der Waals surface area contributed by atoms with Gasteiger partial charge in [-0.15, -0.1) is 5.01 Å². The molecule has 0 saturated carbocycles. The number of para-hydroxylation sites is 1. The fourth-order valence-electron chi connectivity index (χ4n) is 4.13. The van der Waals surface area contributed by atoms with Crippen LogP contribution in [0, 0.1) is 6.92 Å². The van der Waals surface area contributed by atoms with Crippen LogP contribution in [-0.2, 0) is 7.05 Å². The molecule has 0 unspecified atom stereocenters. The molecule has 1 N–H and O–H groups in total. The molecule has 5 rings (SSSR count). The first kappa shape index (κ1) is 23.3. The molecule has 180 valence electrons. The van der Waals surface area contributed by atoms with Gasteiger partial charge in [-0.3, -0.25) is 9.48 Å². The molecule has 5 aromatic rings. The first-order chi connectivity index (χ1) is 17.5. The van der Waals surface area contributed by atoms with E-state index in [1.165, 1.54) is 11.3 Å². The van der Waals surface area contributed by atoms with Crippen molar-refractivity contribution in [2.24, 2.45) is 12.1 Å². The summed E-state index contributed by atoms with van der Waals surface area (Å²) < 4.78 is 5.56. The van der Waals surface area contributed by atoms with Crippen molar-refractivity contribution in [3.63, 3.8) is 0 Å². The molecule has 0 fully saturated rings. The second kappa shape index (κ2) is 9.67. The van der Waals surface area contributed by atoms with E-state index in [0.717, 1.165) is 33.3 Å². The third-order valence-corrected chi connectivity index (χ3v) is 7.07. The maximum absolute atomic E-state index is 13.9. The van der Waals surface area contributed by atoms with Gasteiger partial charge in [-0.05, 0) is 48.9 Å². The Hall–Kier alpha value is -4.43. The molecule has 0 aliphatic carbocycles. The van der Waals surface area contributed by atoms with Crippen molar-refractivity contribution in [1.82, 2.24) is 9.36 Å². The molecule has 0 aliphatic heterocycles. The first-order valence-electron chi connectivity index (χ1n) is 11.5. The fraction of sp³-hybridized carbons (Fsp3) is 0.107. The van der Waals surface area contributed by atoms with Gasteiger partial charge in [-0.2, -0.15) is 4.57 Å². The number of rotatable bonds is 6. The van der Waals surface area contributed by atoms with Crippen molar-refractivity contribution in [3.05, 3.63) is 112 Å². The van der Waals surface area contributed by atoms with E-state index in [9.17, 15) is 9.90 Å². The number of hydrazone groups is 1. The largest absolute Gasteiger partial charge is 0.508 e. The molecule has 8 heteroatoms. The van der Waals surface area contributed by atoms with Gasteiger partial charge < -0.3 is 5.11 Å². The lowest BCUT2D eigenvalue weighted by Gasteiger charge is -2.08. The van der Waals surface area contributed by atoms with Gasteiger partial charge in [0.15, 0.2) is 5.69 Å². The third-order valence-electron chi connectivity index (χ3n) is 6.08. The standard InChI is InChI=1S/C28H25N5O2S/c1-20-26(27(35)33(31(20)3)23-12-8-5-9-13-23)32-25(22-10-6-4-7-11-22)19-36-28(32)30(2)29-18-21-14-16-24(34)17-15-21/h4-19H,1-3H3/p+1. The summed E-state index contributed by atoms with van der Waals surface area (Å²) in [4.78, 5) is 13.9. The Morgan fingerprint density at radius 1 is 0.972 bits per heavy atom. The van der Waals surface area contributed by atoms with Crippen LogP contribution in [0.25, 0.3) is 22.6 Å². The normalized spacial score (nSPS) is 11.3. The summed E-state index contributed by atoms with van der Waals surface area (Å²) in [5.74, 6) is 0.207. The number of aromatic nitrogens is 3. The van der Waals surface area contributed by atoms with Gasteiger partial charge in [0.25, 0.3) is 0 Å². The van der Waals surface area contributed by atoms with Crippen LogP contribution in [0.3, 0.4) is 0 Å². The van der Waals surface area contributed by atoms with E-state index in [1.807, 2.05) is 90.9 Å². The molecular formula is C28H26N5O2S+. The monoisotopic (exact) mass is 496 g/mol. The van der Waals surface area contributed by atoms with Crippen LogP contribution >= 0.6 is 11.3 Å². The number of thiazole rings is 1. The molecule has 7 nitrogen and oxygen atoms in total. The summed E-state index contributed by atoms with van der Waals surface area (Å²) in [6, 6.07) is 26.5. The van der Waals surface area contributed by atoms with Crippen LogP contribution in [-0.4, -0.2) is 27.7 Å². The predicted octanol–water partition coefficient (Wildman–Crippen LogP) is 4.67. The van der Waals surface area contributed by atoms with Crippen LogP contribution in [0.4, 0.5) is 5.13 Å². The highest BCUT2D eigenvalue weighted by Gasteiger charge is 2.31. The van der Waals surface area contributed by atoms with E-state index in [-0.39, 0.29) is 11.3 Å². The van der Waals surface area contributed by atoms with E-state index in [0.29, 0.717) is 5.69 Å². The molecule has 0 bridgehead atoms. The molecule has 0 amide bonds. The number of benzene rings is 3. The molecule has 2 heterocycles. The SMILES string of the molecule is Cc1c(-[n+]2c(-c3ccccc3)csc2N(C)/N=C\c2ccc(O)cc2)c(=O)n(-c2ccccc2)n1C. The number of anilines is 1. The zero-order valence-corrected chi connectivity index (χ0v) is 21.1. The second-order valence-corrected chi connectivity index (χ2v) is 9.21. The van der Waals surface area contributed by atoms with E-state index in [4.69, 9.17) is 0 Å². The zero-order valence-electron chi connectivity index (χ0n) is 20.2. The molecular weight excluding hydrogens is 470 g/mol. The molecule has 0 radical (unpaired) electrons. The highest BCUT2D eigenvalue weighted by atomic mass is 32.1. The maximum atomic E-state index is 13.9. The van der Waals surface area contributed by atoms with Gasteiger partial charge >= 0.3 is 10.7 Å². The molecule has 0 spiro atoms. The second-order valence-electron chi connectivity index (χ2n) is 8.37. The highest BCUT2D eigenvalue weighted by Crippen LogP contribution is 2.28. The summed E-state index contributed by atoms with van der Waals surface area (Å²) in [5, 5.41) is 18.8. The Morgan fingerprint density at radius 2 is 1.61 bits per heavy atom. The summed E-state index contributed by atoms with van der Waals surface area (Å²) in [5.41, 5.74) is 4.87. The van der Waals surface area contributed by atoms with Crippen LogP contribution in [0.15, 0.2) is 100 Å². The van der Waals surface area contributed by atoms with Gasteiger partial charge in [0.1, 0.15) is 12.8 Å². The number of aromatic hydroxyl groups is 1. The van der Waals surface area contributed by atoms with Crippen LogP contribution in [0.5, 0.6) is 5.75 Å². The smallest absolute Gasteiger partial charge is 0.367 e. The number of phenolic OH excluding ortho intramolecular Hbond substituents is 1. The Kier molecular flexibility index (Phi) is 6.26. The molecule has 36 heavy (non-hydrogen) atoms. The lowest BCUT2D eigenvalue weighted by Crippen LogP contribution is -2.41. The minimum Gasteiger partial charge on any atom is -0.508 e. The number of nitrogens with zero attached hydrogens (tertiary/aromatic N) is 5. The molecule has 2 aromatic heterocycles. The van der Waals surface area contributed by atoms with Crippen molar-refractivity contribution in [1.29, 1.82) is 0 Å². The van der Waals surface area contributed by atoms with Crippen molar-refractivity contribution < 1.29 is 9.67 Å². The predicted molar refractivity (Wildman–Crippen MR) is 145 cm³/mol. The average molecular weight is 497 g/mol. The quantitative estimate of drug-likeness (QED) is 0.211. The van der Waals surface area contributed by atoms with E-state index in [2.05, 4.69) is 10.5 Å². The van der Waals surface area contributed by atoms with Crippen LogP contribution in [0.1, 0.15) is 11.3 Å². The van der Waals surface area contributed by atoms with E-state index >= 15 is 0 Å². The Labute approximate surface area is 213 Å². The first-order valence-corrected chi connectivity index (χ1v) is 12.3. The zero-order chi connectivity index (χ0) is 25.2. The third kappa shape index (κ3) is 4.23. The number of hydrogen-bond acceptors (Lipinski definition) is 5. The molecule has 0 saturated heterocycles. The lowest BCUT2D eigenvalue weighted by molar-refractivity contribution is -0.567. The Balaban J connectivity index is 1.68. The van der Waals surface area contributed by atoms with Gasteiger partial charge in [0, 0.05) is 18.0 Å². The van der Waals surface area contributed by atoms with Gasteiger partial charge in [-0.25, -0.2) is 4.68 Å². The van der Waals surface area contributed by atoms with Crippen LogP contribution < -0.4 is 15.1 Å². The lowest BCUT2D eigenvalue weighted by atomic mass is 10.1. The summed E-state index contributed by atoms with van der Waals surface area (Å²) in [6.45, 7) is 1.96. The molecule has 0 atom stereocenters. The fourth-order valence-corrected chi connectivity index (χ4v) is 5.09. The topological polar surface area (TPSA) is 66.6 Å². The summed E-state index contributed by atoms with van der Waals surface area (Å²) >= 11 is 1.52. The minimum atomic E-state index is -0.112. The minimum absolute atomic E-state index is 0.112. The maximum Gasteiger partial charge on any atom is 0.367 e. The van der Waals surface area contributed by atoms with Gasteiger partial charge in [-0.1, -0.05) is 65.0 Å². The number of phenols is 1. The molecule has 3 aromatic carbocycles. The van der Waals surface area contributed by atoms with Crippen molar-refractivity contribution in [2.75, 3.05) is 12.1 Å². The number of hydrogen-bond donors (Lipinski definition) is 1. The molecule has 0 aliphatic rings.